The molecule has 2 heterocycles. The van der Waals surface area contributed by atoms with Crippen LogP contribution in [0.25, 0.3) is 0 Å². The van der Waals surface area contributed by atoms with Gasteiger partial charge in [0.1, 0.15) is 0 Å². The van der Waals surface area contributed by atoms with Crippen molar-refractivity contribution in [3.05, 3.63) is 59.7 Å². The van der Waals surface area contributed by atoms with Gasteiger partial charge in [0.25, 0.3) is 0 Å². The van der Waals surface area contributed by atoms with E-state index in [0.29, 0.717) is 0 Å². The van der Waals surface area contributed by atoms with Gasteiger partial charge in [-0.3, -0.25) is 9.59 Å². The summed E-state index contributed by atoms with van der Waals surface area (Å²) < 4.78 is 0. The van der Waals surface area contributed by atoms with Crippen molar-refractivity contribution in [1.29, 1.82) is 0 Å². The molecular weight excluding hydrogens is 360 g/mol. The minimum Gasteiger partial charge on any atom is -0.312 e. The predicted molar refractivity (Wildman–Crippen MR) is 115 cm³/mol. The van der Waals surface area contributed by atoms with Crippen LogP contribution < -0.4 is 9.80 Å². The number of nitrogens with zero attached hydrogens (tertiary/aromatic N) is 2. The van der Waals surface area contributed by atoms with Crippen LogP contribution in [0.1, 0.15) is 43.2 Å². The standard InChI is InChI=1S/C25H28N2O2/c28-24(26-16-5-8-18-6-1-3-9-22(18)26)20-11-13-21(14-12-20)25(29)27-17-15-19-7-2-4-10-23(19)27/h1-4,6-7,9-10,20-21H,5,8,11-17H2. The quantitative estimate of drug-likeness (QED) is 0.767. The van der Waals surface area contributed by atoms with Crippen molar-refractivity contribution in [3.63, 3.8) is 0 Å². The van der Waals surface area contributed by atoms with Crippen LogP contribution >= 0.6 is 0 Å². The summed E-state index contributed by atoms with van der Waals surface area (Å²) in [7, 11) is 0. The summed E-state index contributed by atoms with van der Waals surface area (Å²) in [5.74, 6) is 0.619. The molecule has 0 bridgehead atoms. The Hall–Kier alpha value is -2.62. The van der Waals surface area contributed by atoms with Gasteiger partial charge in [0.15, 0.2) is 0 Å². The smallest absolute Gasteiger partial charge is 0.230 e. The third-order valence-electron chi connectivity index (χ3n) is 6.96. The number of aryl methyl sites for hydroxylation is 1. The molecule has 0 atom stereocenters. The molecule has 1 saturated carbocycles. The molecule has 0 aromatic heterocycles. The maximum absolute atomic E-state index is 13.2. The SMILES string of the molecule is O=C(C1CCC(C(=O)N2CCc3ccccc32)CC1)N1CCCc2ccccc21. The summed E-state index contributed by atoms with van der Waals surface area (Å²) in [5, 5.41) is 0. The second-order valence-corrected chi connectivity index (χ2v) is 8.64. The molecule has 0 spiro atoms. The van der Waals surface area contributed by atoms with E-state index < -0.39 is 0 Å². The molecule has 150 valence electrons. The third kappa shape index (κ3) is 3.35. The normalized spacial score (nSPS) is 23.4. The first-order chi connectivity index (χ1) is 14.2. The number of para-hydroxylation sites is 2. The fraction of sp³-hybridized carbons (Fsp3) is 0.440. The van der Waals surface area contributed by atoms with Crippen molar-refractivity contribution in [1.82, 2.24) is 0 Å². The van der Waals surface area contributed by atoms with Gasteiger partial charge < -0.3 is 9.80 Å². The maximum atomic E-state index is 13.2. The first-order valence-corrected chi connectivity index (χ1v) is 11.0. The number of hydrogen-bond acceptors (Lipinski definition) is 2. The van der Waals surface area contributed by atoms with Crippen molar-refractivity contribution in [3.8, 4) is 0 Å². The van der Waals surface area contributed by atoms with E-state index in [1.165, 1.54) is 11.1 Å². The Kier molecular flexibility index (Phi) is 4.86. The van der Waals surface area contributed by atoms with Gasteiger partial charge in [0.05, 0.1) is 0 Å². The maximum Gasteiger partial charge on any atom is 0.230 e. The molecule has 1 fully saturated rings. The molecule has 0 unspecified atom stereocenters. The molecular formula is C25H28N2O2. The molecule has 3 aliphatic rings. The average molecular weight is 389 g/mol. The van der Waals surface area contributed by atoms with Crippen molar-refractivity contribution >= 4 is 23.2 Å². The molecule has 4 heteroatoms. The highest BCUT2D eigenvalue weighted by Crippen LogP contribution is 2.36. The Labute approximate surface area is 172 Å². The lowest BCUT2D eigenvalue weighted by atomic mass is 9.80. The monoisotopic (exact) mass is 388 g/mol. The zero-order valence-corrected chi connectivity index (χ0v) is 16.8. The number of hydrogen-bond donors (Lipinski definition) is 0. The van der Waals surface area contributed by atoms with Crippen LogP contribution in [0.4, 0.5) is 11.4 Å². The van der Waals surface area contributed by atoms with Crippen molar-refractivity contribution in [2.45, 2.75) is 44.9 Å². The Morgan fingerprint density at radius 2 is 1.14 bits per heavy atom. The molecule has 4 nitrogen and oxygen atoms in total. The van der Waals surface area contributed by atoms with Gasteiger partial charge in [-0.2, -0.15) is 0 Å². The van der Waals surface area contributed by atoms with Gasteiger partial charge in [-0.05, 0) is 68.2 Å². The van der Waals surface area contributed by atoms with Crippen LogP contribution in [0.5, 0.6) is 0 Å². The number of carbonyl (C=O) groups excluding carboxylic acids is 2. The van der Waals surface area contributed by atoms with Crippen molar-refractivity contribution in [2.24, 2.45) is 11.8 Å². The molecule has 0 radical (unpaired) electrons. The topological polar surface area (TPSA) is 40.6 Å². The lowest BCUT2D eigenvalue weighted by Gasteiger charge is -2.35. The van der Waals surface area contributed by atoms with Gasteiger partial charge in [0.2, 0.25) is 11.8 Å². The van der Waals surface area contributed by atoms with E-state index in [9.17, 15) is 9.59 Å². The lowest BCUT2D eigenvalue weighted by molar-refractivity contribution is -0.127. The minimum absolute atomic E-state index is 0.0519. The van der Waals surface area contributed by atoms with E-state index in [2.05, 4.69) is 30.3 Å². The summed E-state index contributed by atoms with van der Waals surface area (Å²) >= 11 is 0. The van der Waals surface area contributed by atoms with Gasteiger partial charge in [0, 0.05) is 36.3 Å². The summed E-state index contributed by atoms with van der Waals surface area (Å²) in [4.78, 5) is 30.4. The molecule has 0 saturated heterocycles. The van der Waals surface area contributed by atoms with E-state index in [4.69, 9.17) is 0 Å². The number of fused-ring (bicyclic) bond motifs is 2. The van der Waals surface area contributed by atoms with Crippen LogP contribution in [-0.2, 0) is 22.4 Å². The minimum atomic E-state index is 0.0519. The van der Waals surface area contributed by atoms with Crippen LogP contribution in [0, 0.1) is 11.8 Å². The fourth-order valence-corrected chi connectivity index (χ4v) is 5.36. The fourth-order valence-electron chi connectivity index (χ4n) is 5.36. The van der Waals surface area contributed by atoms with E-state index in [0.717, 1.165) is 69.4 Å². The average Bonchev–Trinajstić information content (AvgIpc) is 3.22. The molecule has 5 rings (SSSR count). The Balaban J connectivity index is 1.23. The van der Waals surface area contributed by atoms with Crippen LogP contribution in [0.3, 0.4) is 0 Å². The molecule has 1 aliphatic carbocycles. The number of benzene rings is 2. The summed E-state index contributed by atoms with van der Waals surface area (Å²) in [5.41, 5.74) is 4.73. The van der Waals surface area contributed by atoms with Crippen LogP contribution in [-0.4, -0.2) is 24.9 Å². The largest absolute Gasteiger partial charge is 0.312 e. The molecule has 2 aromatic rings. The number of rotatable bonds is 2. The van der Waals surface area contributed by atoms with Crippen LogP contribution in [0.15, 0.2) is 48.5 Å². The van der Waals surface area contributed by atoms with Gasteiger partial charge in [-0.1, -0.05) is 36.4 Å². The van der Waals surface area contributed by atoms with Gasteiger partial charge in [-0.15, -0.1) is 0 Å². The first kappa shape index (κ1) is 18.4. The molecule has 29 heavy (non-hydrogen) atoms. The molecule has 2 aliphatic heterocycles. The van der Waals surface area contributed by atoms with E-state index in [-0.39, 0.29) is 23.7 Å². The van der Waals surface area contributed by atoms with Crippen LogP contribution in [0.2, 0.25) is 0 Å². The van der Waals surface area contributed by atoms with Gasteiger partial charge in [-0.25, -0.2) is 0 Å². The zero-order chi connectivity index (χ0) is 19.8. The molecule has 2 amide bonds. The highest BCUT2D eigenvalue weighted by molar-refractivity contribution is 5.98. The second-order valence-electron chi connectivity index (χ2n) is 8.64. The summed E-state index contributed by atoms with van der Waals surface area (Å²) in [6.45, 7) is 1.61. The number of anilines is 2. The van der Waals surface area contributed by atoms with Crippen molar-refractivity contribution in [2.75, 3.05) is 22.9 Å². The highest BCUT2D eigenvalue weighted by Gasteiger charge is 2.36. The highest BCUT2D eigenvalue weighted by atomic mass is 16.2. The van der Waals surface area contributed by atoms with Gasteiger partial charge >= 0.3 is 0 Å². The third-order valence-corrected chi connectivity index (χ3v) is 6.96. The summed E-state index contributed by atoms with van der Waals surface area (Å²) in [6.07, 6.45) is 6.33. The number of amides is 2. The first-order valence-electron chi connectivity index (χ1n) is 11.0. The Bertz CT molecular complexity index is 930. The van der Waals surface area contributed by atoms with E-state index in [1.54, 1.807) is 0 Å². The lowest BCUT2D eigenvalue weighted by Crippen LogP contribution is -2.42. The predicted octanol–water partition coefficient (Wildman–Crippen LogP) is 4.36. The van der Waals surface area contributed by atoms with Crippen molar-refractivity contribution < 1.29 is 9.59 Å². The van der Waals surface area contributed by atoms with E-state index >= 15 is 0 Å². The molecule has 2 aromatic carbocycles. The summed E-state index contributed by atoms with van der Waals surface area (Å²) in [6, 6.07) is 16.5. The Morgan fingerprint density at radius 3 is 1.72 bits per heavy atom. The second kappa shape index (κ2) is 7.66. The number of carbonyl (C=O) groups is 2. The molecule has 0 N–H and O–H groups in total. The Morgan fingerprint density at radius 1 is 0.655 bits per heavy atom. The zero-order valence-electron chi connectivity index (χ0n) is 16.8. The van der Waals surface area contributed by atoms with E-state index in [1.807, 2.05) is 28.0 Å².